The third-order valence-electron chi connectivity index (χ3n) is 2.76. The Labute approximate surface area is 121 Å². The van der Waals surface area contributed by atoms with Gasteiger partial charge in [0.1, 0.15) is 5.82 Å². The highest BCUT2D eigenvalue weighted by molar-refractivity contribution is 6.34. The molecule has 5 heteroatoms. The second-order valence-electron chi connectivity index (χ2n) is 4.31. The van der Waals surface area contributed by atoms with Crippen LogP contribution in [0.3, 0.4) is 0 Å². The fourth-order valence-corrected chi connectivity index (χ4v) is 2.00. The Hall–Kier alpha value is -1.91. The number of benzene rings is 2. The number of halogens is 2. The summed E-state index contributed by atoms with van der Waals surface area (Å²) in [5.41, 5.74) is 1.87. The van der Waals surface area contributed by atoms with Crippen molar-refractivity contribution in [2.75, 3.05) is 12.4 Å². The van der Waals surface area contributed by atoms with E-state index in [9.17, 15) is 9.18 Å². The maximum Gasteiger partial charge on any atom is 0.257 e. The van der Waals surface area contributed by atoms with E-state index < -0.39 is 0 Å². The SMILES string of the molecule is CNCc1ccc(Cl)c(C(=O)Nc2ccc(F)cc2)c1. The number of carbonyl (C=O) groups is 1. The summed E-state index contributed by atoms with van der Waals surface area (Å²) in [5.74, 6) is -0.670. The summed E-state index contributed by atoms with van der Waals surface area (Å²) in [7, 11) is 1.83. The fourth-order valence-electron chi connectivity index (χ4n) is 1.79. The molecule has 0 atom stereocenters. The molecular formula is C15H14ClFN2O. The van der Waals surface area contributed by atoms with Gasteiger partial charge in [-0.2, -0.15) is 0 Å². The Balaban J connectivity index is 2.19. The molecule has 0 unspecified atom stereocenters. The van der Waals surface area contributed by atoms with Gasteiger partial charge in [0, 0.05) is 12.2 Å². The van der Waals surface area contributed by atoms with Gasteiger partial charge in [-0.15, -0.1) is 0 Å². The van der Waals surface area contributed by atoms with Gasteiger partial charge in [-0.25, -0.2) is 4.39 Å². The molecule has 0 saturated heterocycles. The number of hydrogen-bond acceptors (Lipinski definition) is 2. The summed E-state index contributed by atoms with van der Waals surface area (Å²) in [4.78, 5) is 12.2. The van der Waals surface area contributed by atoms with Crippen LogP contribution < -0.4 is 10.6 Å². The Kier molecular flexibility index (Phi) is 4.71. The molecule has 2 aromatic carbocycles. The first-order chi connectivity index (χ1) is 9.60. The molecule has 104 valence electrons. The van der Waals surface area contributed by atoms with Crippen LogP contribution in [0, 0.1) is 5.82 Å². The third kappa shape index (κ3) is 3.56. The molecule has 0 aromatic heterocycles. The highest BCUT2D eigenvalue weighted by Crippen LogP contribution is 2.19. The summed E-state index contributed by atoms with van der Waals surface area (Å²) in [5, 5.41) is 6.07. The first-order valence-electron chi connectivity index (χ1n) is 6.10. The summed E-state index contributed by atoms with van der Waals surface area (Å²) >= 11 is 6.04. The number of amides is 1. The van der Waals surface area contributed by atoms with Crippen LogP contribution >= 0.6 is 11.6 Å². The summed E-state index contributed by atoms with van der Waals surface area (Å²) in [6.07, 6.45) is 0. The molecule has 0 aliphatic rings. The number of anilines is 1. The van der Waals surface area contributed by atoms with Crippen molar-refractivity contribution in [3.05, 3.63) is 64.4 Å². The Morgan fingerprint density at radius 1 is 1.20 bits per heavy atom. The molecule has 0 fully saturated rings. The van der Waals surface area contributed by atoms with Crippen LogP contribution in [-0.2, 0) is 6.54 Å². The van der Waals surface area contributed by atoms with E-state index in [-0.39, 0.29) is 11.7 Å². The molecule has 1 amide bonds. The summed E-state index contributed by atoms with van der Waals surface area (Å²) in [6.45, 7) is 0.647. The summed E-state index contributed by atoms with van der Waals surface area (Å²) < 4.78 is 12.8. The molecule has 0 heterocycles. The normalized spacial score (nSPS) is 10.3. The van der Waals surface area contributed by atoms with Crippen LogP contribution in [0.5, 0.6) is 0 Å². The maximum absolute atomic E-state index is 12.8. The van der Waals surface area contributed by atoms with Gasteiger partial charge < -0.3 is 10.6 Å². The van der Waals surface area contributed by atoms with Crippen LogP contribution in [0.2, 0.25) is 5.02 Å². The van der Waals surface area contributed by atoms with Crippen LogP contribution in [0.15, 0.2) is 42.5 Å². The quantitative estimate of drug-likeness (QED) is 0.906. The van der Waals surface area contributed by atoms with E-state index in [1.807, 2.05) is 13.1 Å². The average molecular weight is 293 g/mol. The predicted molar refractivity (Wildman–Crippen MR) is 78.6 cm³/mol. The van der Waals surface area contributed by atoms with Gasteiger partial charge in [-0.3, -0.25) is 4.79 Å². The van der Waals surface area contributed by atoms with Crippen molar-refractivity contribution in [3.8, 4) is 0 Å². The van der Waals surface area contributed by atoms with Crippen molar-refractivity contribution >= 4 is 23.2 Å². The molecule has 2 aromatic rings. The highest BCUT2D eigenvalue weighted by Gasteiger charge is 2.11. The molecule has 0 radical (unpaired) electrons. The number of rotatable bonds is 4. The molecule has 20 heavy (non-hydrogen) atoms. The number of nitrogens with one attached hydrogen (secondary N) is 2. The predicted octanol–water partition coefficient (Wildman–Crippen LogP) is 3.45. The molecule has 0 spiro atoms. The molecule has 0 saturated carbocycles. The van der Waals surface area contributed by atoms with Crippen molar-refractivity contribution < 1.29 is 9.18 Å². The highest BCUT2D eigenvalue weighted by atomic mass is 35.5. The van der Waals surface area contributed by atoms with Crippen molar-refractivity contribution in [1.29, 1.82) is 0 Å². The van der Waals surface area contributed by atoms with Crippen LogP contribution in [-0.4, -0.2) is 13.0 Å². The first-order valence-corrected chi connectivity index (χ1v) is 6.48. The standard InChI is InChI=1S/C15H14ClFN2O/c1-18-9-10-2-7-14(16)13(8-10)15(20)19-12-5-3-11(17)4-6-12/h2-8,18H,9H2,1H3,(H,19,20). The Morgan fingerprint density at radius 2 is 1.90 bits per heavy atom. The fraction of sp³-hybridized carbons (Fsp3) is 0.133. The zero-order valence-corrected chi connectivity index (χ0v) is 11.7. The lowest BCUT2D eigenvalue weighted by Crippen LogP contribution is -2.14. The largest absolute Gasteiger partial charge is 0.322 e. The zero-order valence-electron chi connectivity index (χ0n) is 10.9. The maximum atomic E-state index is 12.8. The Bertz CT molecular complexity index is 614. The third-order valence-corrected chi connectivity index (χ3v) is 3.09. The zero-order chi connectivity index (χ0) is 14.5. The van der Waals surface area contributed by atoms with Crippen molar-refractivity contribution in [3.63, 3.8) is 0 Å². The van der Waals surface area contributed by atoms with Crippen molar-refractivity contribution in [1.82, 2.24) is 5.32 Å². The topological polar surface area (TPSA) is 41.1 Å². The van der Waals surface area contributed by atoms with Gasteiger partial charge in [-0.05, 0) is 49.0 Å². The Morgan fingerprint density at radius 3 is 2.55 bits per heavy atom. The van der Waals surface area contributed by atoms with Gasteiger partial charge >= 0.3 is 0 Å². The lowest BCUT2D eigenvalue weighted by molar-refractivity contribution is 0.102. The van der Waals surface area contributed by atoms with E-state index in [0.717, 1.165) is 5.56 Å². The molecule has 2 rings (SSSR count). The van der Waals surface area contributed by atoms with Gasteiger partial charge in [0.25, 0.3) is 5.91 Å². The number of carbonyl (C=O) groups excluding carboxylic acids is 1. The second kappa shape index (κ2) is 6.50. The lowest BCUT2D eigenvalue weighted by atomic mass is 10.1. The van der Waals surface area contributed by atoms with E-state index in [1.165, 1.54) is 24.3 Å². The van der Waals surface area contributed by atoms with Gasteiger partial charge in [0.15, 0.2) is 0 Å². The molecule has 0 bridgehead atoms. The molecule has 0 aliphatic heterocycles. The van der Waals surface area contributed by atoms with Gasteiger partial charge in [0.2, 0.25) is 0 Å². The van der Waals surface area contributed by atoms with E-state index in [4.69, 9.17) is 11.6 Å². The summed E-state index contributed by atoms with van der Waals surface area (Å²) in [6, 6.07) is 10.8. The average Bonchev–Trinajstić information content (AvgIpc) is 2.43. The first kappa shape index (κ1) is 14.5. The van der Waals surface area contributed by atoms with E-state index in [0.29, 0.717) is 22.8 Å². The van der Waals surface area contributed by atoms with Crippen LogP contribution in [0.4, 0.5) is 10.1 Å². The monoisotopic (exact) mass is 292 g/mol. The van der Waals surface area contributed by atoms with Crippen LogP contribution in [0.25, 0.3) is 0 Å². The minimum atomic E-state index is -0.350. The molecule has 0 aliphatic carbocycles. The minimum Gasteiger partial charge on any atom is -0.322 e. The van der Waals surface area contributed by atoms with Crippen molar-refractivity contribution in [2.24, 2.45) is 0 Å². The van der Waals surface area contributed by atoms with Gasteiger partial charge in [-0.1, -0.05) is 17.7 Å². The van der Waals surface area contributed by atoms with Crippen LogP contribution in [0.1, 0.15) is 15.9 Å². The molecular weight excluding hydrogens is 279 g/mol. The van der Waals surface area contributed by atoms with Crippen molar-refractivity contribution in [2.45, 2.75) is 6.54 Å². The van der Waals surface area contributed by atoms with E-state index >= 15 is 0 Å². The van der Waals surface area contributed by atoms with E-state index in [1.54, 1.807) is 12.1 Å². The smallest absolute Gasteiger partial charge is 0.257 e. The molecule has 3 nitrogen and oxygen atoms in total. The minimum absolute atomic E-state index is 0.320. The van der Waals surface area contributed by atoms with E-state index in [2.05, 4.69) is 10.6 Å². The lowest BCUT2D eigenvalue weighted by Gasteiger charge is -2.09. The van der Waals surface area contributed by atoms with Gasteiger partial charge in [0.05, 0.1) is 10.6 Å². The second-order valence-corrected chi connectivity index (χ2v) is 4.71. The number of hydrogen-bond donors (Lipinski definition) is 2. The molecule has 2 N–H and O–H groups in total.